The van der Waals surface area contributed by atoms with E-state index in [1.165, 1.54) is 0 Å². The zero-order valence-electron chi connectivity index (χ0n) is 44.2. The summed E-state index contributed by atoms with van der Waals surface area (Å²) in [5.41, 5.74) is 0. The molecule has 0 saturated carbocycles. The Hall–Kier alpha value is -2.93. The third kappa shape index (κ3) is 15.7. The van der Waals surface area contributed by atoms with Gasteiger partial charge in [-0.2, -0.15) is 11.8 Å². The molecule has 0 aliphatic carbocycles. The quantitative estimate of drug-likeness (QED) is 0.0298. The van der Waals surface area contributed by atoms with E-state index in [1.54, 1.807) is 11.8 Å². The zero-order chi connectivity index (χ0) is 59.0. The van der Waals surface area contributed by atoms with Crippen molar-refractivity contribution >= 4 is 35.5 Å². The highest BCUT2D eigenvalue weighted by molar-refractivity contribution is 8.00. The maximum Gasteiger partial charge on any atom is 0.315 e. The molecule has 7 aliphatic rings. The van der Waals surface area contributed by atoms with Crippen molar-refractivity contribution in [2.75, 3.05) is 51.9 Å². The number of aliphatic hydroxyl groups excluding tert-OH is 14. The molecule has 0 aromatic carbocycles. The van der Waals surface area contributed by atoms with Crippen molar-refractivity contribution in [2.24, 2.45) is 0 Å². The molecule has 466 valence electrons. The molecule has 7 saturated heterocycles. The molecule has 0 spiro atoms. The van der Waals surface area contributed by atoms with Crippen LogP contribution in [0.15, 0.2) is 0 Å². The molecule has 0 bridgehead atoms. The molecule has 7 aliphatic heterocycles. The lowest BCUT2D eigenvalue weighted by atomic mass is 9.94. The van der Waals surface area contributed by atoms with Gasteiger partial charge in [-0.15, -0.1) is 0 Å². The number of nitrogens with one attached hydrogen (secondary N) is 5. The average molecular weight is 1190 g/mol. The minimum Gasteiger partial charge on any atom is -0.394 e. The number of fused-ring (bicyclic) bond motifs is 1. The molecular formula is C47H79N5O28S. The molecular weight excluding hydrogens is 1110 g/mol. The van der Waals surface area contributed by atoms with Crippen LogP contribution in [0.3, 0.4) is 0 Å². The molecule has 0 aromatic rings. The van der Waals surface area contributed by atoms with Gasteiger partial charge in [-0.05, 0) is 19.3 Å². The first-order valence-electron chi connectivity index (χ1n) is 26.8. The number of carbonyl (C=O) groups is 4. The van der Waals surface area contributed by atoms with E-state index in [0.29, 0.717) is 6.42 Å². The third-order valence-corrected chi connectivity index (χ3v) is 16.6. The number of hydrogen-bond donors (Lipinski definition) is 19. The van der Waals surface area contributed by atoms with Crippen molar-refractivity contribution in [3.05, 3.63) is 0 Å². The molecule has 7 rings (SSSR count). The van der Waals surface area contributed by atoms with E-state index in [1.807, 2.05) is 0 Å². The van der Waals surface area contributed by atoms with E-state index < -0.39 is 198 Å². The maximum atomic E-state index is 12.7. The van der Waals surface area contributed by atoms with Gasteiger partial charge >= 0.3 is 6.03 Å². The van der Waals surface area contributed by atoms with E-state index in [0.717, 1.165) is 32.4 Å². The number of unbranched alkanes of at least 4 members (excludes halogenated alkanes) is 1. The molecule has 81 heavy (non-hydrogen) atoms. The molecule has 7 heterocycles. The van der Waals surface area contributed by atoms with Crippen molar-refractivity contribution in [3.8, 4) is 0 Å². The van der Waals surface area contributed by atoms with Crippen LogP contribution >= 0.6 is 11.8 Å². The van der Waals surface area contributed by atoms with Gasteiger partial charge < -0.3 is 145 Å². The lowest BCUT2D eigenvalue weighted by Crippen LogP contribution is -2.70. The minimum atomic E-state index is -2.21. The zero-order valence-corrected chi connectivity index (χ0v) is 45.1. The number of rotatable bonds is 25. The van der Waals surface area contributed by atoms with Crippen LogP contribution in [0.25, 0.3) is 0 Å². The second kappa shape index (κ2) is 29.9. The number of thioether (sulfide) groups is 1. The molecule has 19 N–H and O–H groups in total. The summed E-state index contributed by atoms with van der Waals surface area (Å²) in [4.78, 5) is 49.5. The van der Waals surface area contributed by atoms with Crippen molar-refractivity contribution in [3.63, 3.8) is 0 Å². The fraction of sp³-hybridized carbons (Fsp3) is 0.915. The monoisotopic (exact) mass is 1190 g/mol. The van der Waals surface area contributed by atoms with E-state index in [2.05, 4.69) is 26.6 Å². The van der Waals surface area contributed by atoms with Crippen LogP contribution in [-0.2, 0) is 61.8 Å². The molecule has 7 fully saturated rings. The number of ether oxygens (including phenoxy) is 10. The molecule has 33 nitrogen and oxygen atoms in total. The van der Waals surface area contributed by atoms with Gasteiger partial charge in [0.2, 0.25) is 17.7 Å². The normalized spacial score (nSPS) is 44.4. The number of urea groups is 1. The van der Waals surface area contributed by atoms with E-state index in [9.17, 15) is 90.7 Å². The van der Waals surface area contributed by atoms with Gasteiger partial charge in [0.15, 0.2) is 31.5 Å². The summed E-state index contributed by atoms with van der Waals surface area (Å²) < 4.78 is 58.2. The Balaban J connectivity index is 0.998. The smallest absolute Gasteiger partial charge is 0.315 e. The first-order chi connectivity index (χ1) is 38.6. The maximum absolute atomic E-state index is 12.7. The number of hydrogen-bond acceptors (Lipinski definition) is 29. The highest BCUT2D eigenvalue weighted by Crippen LogP contribution is 2.37. The van der Waals surface area contributed by atoms with Crippen LogP contribution in [0.1, 0.15) is 46.0 Å². The molecule has 5 amide bonds. The van der Waals surface area contributed by atoms with Crippen LogP contribution in [0.5, 0.6) is 0 Å². The Morgan fingerprint density at radius 2 is 1.05 bits per heavy atom. The van der Waals surface area contributed by atoms with Gasteiger partial charge in [0, 0.05) is 37.8 Å². The fourth-order valence-corrected chi connectivity index (χ4v) is 12.3. The van der Waals surface area contributed by atoms with Crippen LogP contribution in [-0.4, -0.2) is 318 Å². The van der Waals surface area contributed by atoms with Gasteiger partial charge in [0.25, 0.3) is 0 Å². The van der Waals surface area contributed by atoms with Crippen molar-refractivity contribution in [1.29, 1.82) is 0 Å². The first kappa shape index (κ1) is 65.6. The lowest BCUT2D eigenvalue weighted by Gasteiger charge is -2.50. The largest absolute Gasteiger partial charge is 0.394 e. The van der Waals surface area contributed by atoms with E-state index in [-0.39, 0.29) is 55.3 Å². The Bertz CT molecular complexity index is 2030. The number of carbonyl (C=O) groups excluding carboxylic acids is 4. The van der Waals surface area contributed by atoms with Crippen molar-refractivity contribution < 1.29 is 138 Å². The molecule has 0 aromatic heterocycles. The summed E-state index contributed by atoms with van der Waals surface area (Å²) in [7, 11) is 0. The van der Waals surface area contributed by atoms with Crippen LogP contribution in [0.2, 0.25) is 0 Å². The molecule has 28 atom stereocenters. The highest BCUT2D eigenvalue weighted by Gasteiger charge is 2.57. The lowest BCUT2D eigenvalue weighted by molar-refractivity contribution is -0.384. The first-order valence-corrected chi connectivity index (χ1v) is 27.9. The SMILES string of the molecule is CC(=O)N[C@H]1[C@H](O[C@H]2[C@H](O)[C@@H](NC(C)=O)[C@H](OCCCNC(=O)CCCC[C@@H]3SC[C@@H]4NC(=O)N[C@@H]43)O[C@@H]2CO)O[C@H](CO)[C@@H](O[C@@H]2O[C@H](CO[C@H]3O[C@H](CO)[C@@H](O)[C@H](O)[C@@H]3O)[C@@H](O)[C@H](O[C@H]3O[C@H](CO)[C@@H](O)[C@H](O)[C@@H]3O)[C@@H]2O)[C@@H]1O. The minimum absolute atomic E-state index is 0.0637. The molecule has 0 radical (unpaired) electrons. The summed E-state index contributed by atoms with van der Waals surface area (Å²) in [5, 5.41) is 165. The van der Waals surface area contributed by atoms with E-state index >= 15 is 0 Å². The Morgan fingerprint density at radius 3 is 1.64 bits per heavy atom. The Kier molecular flexibility index (Phi) is 24.2. The number of amides is 5. The molecule has 34 heteroatoms. The summed E-state index contributed by atoms with van der Waals surface area (Å²) >= 11 is 1.79. The van der Waals surface area contributed by atoms with E-state index in [4.69, 9.17) is 47.4 Å². The standard InChI is InChI=1S/C47H79N5O28S/c1-16(57)49-27-32(63)39(21(12-55)75-42(27)71-9-5-8-48-25(59)7-4-3-6-24-26-18(15-81-24)51-47(70)52-26)78-43-28(50-17(2)58)33(64)40(22(13-56)76-43)79-46-38(69)41(80-45-37(68)35(66)30(61)20(11-54)74-45)31(62)23(77-46)14-72-44-36(67)34(65)29(60)19(10-53)73-44/h18-24,26-46,53-56,60-69H,3-15H2,1-2H3,(H,48,59)(H,49,57)(H,50,58)(H2,51,52,70)/t18-,19+,20+,21+,22+,23+,24-,26-,27+,28+,29+,30+,31+,32+,33+,34-,35-,36-,37-,38-,39+,40+,41-,42+,43-,44-,45+,46-/m0/s1. The summed E-state index contributed by atoms with van der Waals surface area (Å²) in [6.45, 7) is -2.13. The second-order valence-corrected chi connectivity index (χ2v) is 22.2. The number of aliphatic hydroxyl groups is 14. The highest BCUT2D eigenvalue weighted by atomic mass is 32.2. The second-order valence-electron chi connectivity index (χ2n) is 20.9. The molecule has 0 unspecified atom stereocenters. The van der Waals surface area contributed by atoms with Crippen LogP contribution < -0.4 is 26.6 Å². The Morgan fingerprint density at radius 1 is 0.543 bits per heavy atom. The van der Waals surface area contributed by atoms with Crippen molar-refractivity contribution in [1.82, 2.24) is 26.6 Å². The van der Waals surface area contributed by atoms with Gasteiger partial charge in [0.1, 0.15) is 122 Å². The summed E-state index contributed by atoms with van der Waals surface area (Å²) in [6, 6.07) is -3.08. The predicted molar refractivity (Wildman–Crippen MR) is 265 cm³/mol. The Labute approximate surface area is 467 Å². The predicted octanol–water partition coefficient (Wildman–Crippen LogP) is -10.4. The van der Waals surface area contributed by atoms with Gasteiger partial charge in [-0.1, -0.05) is 6.42 Å². The topological polar surface area (TPSA) is 504 Å². The van der Waals surface area contributed by atoms with Crippen molar-refractivity contribution in [2.45, 2.75) is 217 Å². The fourth-order valence-electron chi connectivity index (χ4n) is 10.7. The third-order valence-electron chi connectivity index (χ3n) is 15.1. The van der Waals surface area contributed by atoms with Gasteiger partial charge in [0.05, 0.1) is 51.7 Å². The summed E-state index contributed by atoms with van der Waals surface area (Å²) in [6.07, 6.45) is -39.4. The van der Waals surface area contributed by atoms with Gasteiger partial charge in [-0.3, -0.25) is 14.4 Å². The summed E-state index contributed by atoms with van der Waals surface area (Å²) in [5.74, 6) is -0.798. The van der Waals surface area contributed by atoms with Crippen LogP contribution in [0.4, 0.5) is 4.79 Å². The van der Waals surface area contributed by atoms with Gasteiger partial charge in [-0.25, -0.2) is 4.79 Å². The van der Waals surface area contributed by atoms with Crippen LogP contribution in [0, 0.1) is 0 Å². The average Bonchev–Trinajstić information content (AvgIpc) is 4.19.